The summed E-state index contributed by atoms with van der Waals surface area (Å²) in [4.78, 5) is 17.0. The standard InChI is InChI=1S/C23H24N2O2/c1-24(2)16-17-27-22-15-9-14-21(18-22)25(20-12-7-4-8-13-20)23(26)19-10-5-3-6-11-19/h3-15,18H,16-17H2,1-2H3. The molecule has 0 aliphatic rings. The average Bonchev–Trinajstić information content (AvgIpc) is 2.70. The Labute approximate surface area is 160 Å². The van der Waals surface area contributed by atoms with Gasteiger partial charge in [0.1, 0.15) is 12.4 Å². The number of benzene rings is 3. The van der Waals surface area contributed by atoms with Crippen molar-refractivity contribution in [3.63, 3.8) is 0 Å². The third-order valence-corrected chi connectivity index (χ3v) is 4.12. The van der Waals surface area contributed by atoms with E-state index in [9.17, 15) is 4.79 Å². The first kappa shape index (κ1) is 18.7. The summed E-state index contributed by atoms with van der Waals surface area (Å²) >= 11 is 0. The van der Waals surface area contributed by atoms with Crippen molar-refractivity contribution in [3.05, 3.63) is 90.5 Å². The van der Waals surface area contributed by atoms with Crippen molar-refractivity contribution in [2.75, 3.05) is 32.1 Å². The minimum Gasteiger partial charge on any atom is -0.492 e. The molecule has 0 fully saturated rings. The molecule has 3 aromatic rings. The van der Waals surface area contributed by atoms with E-state index >= 15 is 0 Å². The van der Waals surface area contributed by atoms with Gasteiger partial charge in [-0.05, 0) is 50.5 Å². The van der Waals surface area contributed by atoms with Crippen LogP contribution in [0.15, 0.2) is 84.9 Å². The molecule has 4 nitrogen and oxygen atoms in total. The molecule has 0 saturated heterocycles. The van der Waals surface area contributed by atoms with Crippen LogP contribution >= 0.6 is 0 Å². The Bertz CT molecular complexity index is 864. The monoisotopic (exact) mass is 360 g/mol. The maximum atomic E-state index is 13.2. The molecule has 0 spiro atoms. The van der Waals surface area contributed by atoms with Crippen LogP contribution in [0.2, 0.25) is 0 Å². The zero-order valence-electron chi connectivity index (χ0n) is 15.7. The summed E-state index contributed by atoms with van der Waals surface area (Å²) in [6.07, 6.45) is 0. The fourth-order valence-electron chi connectivity index (χ4n) is 2.73. The molecular formula is C23H24N2O2. The molecule has 0 saturated carbocycles. The predicted molar refractivity (Wildman–Crippen MR) is 110 cm³/mol. The average molecular weight is 360 g/mol. The Morgan fingerprint density at radius 3 is 2.11 bits per heavy atom. The minimum atomic E-state index is -0.0766. The second-order valence-corrected chi connectivity index (χ2v) is 6.49. The lowest BCUT2D eigenvalue weighted by molar-refractivity contribution is 0.0999. The summed E-state index contributed by atoms with van der Waals surface area (Å²) in [7, 11) is 4.02. The highest BCUT2D eigenvalue weighted by Crippen LogP contribution is 2.30. The highest BCUT2D eigenvalue weighted by atomic mass is 16.5. The molecule has 138 valence electrons. The number of nitrogens with zero attached hydrogens (tertiary/aromatic N) is 2. The Balaban J connectivity index is 1.93. The third-order valence-electron chi connectivity index (χ3n) is 4.12. The normalized spacial score (nSPS) is 10.6. The number of carbonyl (C=O) groups is 1. The SMILES string of the molecule is CN(C)CCOc1cccc(N(C(=O)c2ccccc2)c2ccccc2)c1. The van der Waals surface area contributed by atoms with E-state index in [1.54, 1.807) is 4.90 Å². The van der Waals surface area contributed by atoms with Crippen molar-refractivity contribution >= 4 is 17.3 Å². The van der Waals surface area contributed by atoms with Crippen molar-refractivity contribution < 1.29 is 9.53 Å². The van der Waals surface area contributed by atoms with E-state index in [-0.39, 0.29) is 5.91 Å². The van der Waals surface area contributed by atoms with Crippen LogP contribution < -0.4 is 9.64 Å². The van der Waals surface area contributed by atoms with Crippen LogP contribution in [0.5, 0.6) is 5.75 Å². The van der Waals surface area contributed by atoms with Crippen LogP contribution in [-0.2, 0) is 0 Å². The lowest BCUT2D eigenvalue weighted by Crippen LogP contribution is -2.26. The number of anilines is 2. The minimum absolute atomic E-state index is 0.0766. The fourth-order valence-corrected chi connectivity index (χ4v) is 2.73. The number of carbonyl (C=O) groups excluding carboxylic acids is 1. The molecule has 0 aliphatic carbocycles. The summed E-state index contributed by atoms with van der Waals surface area (Å²) in [5, 5.41) is 0. The molecular weight excluding hydrogens is 336 g/mol. The molecule has 27 heavy (non-hydrogen) atoms. The molecule has 4 heteroatoms. The highest BCUT2D eigenvalue weighted by molar-refractivity contribution is 6.10. The van der Waals surface area contributed by atoms with Crippen LogP contribution in [-0.4, -0.2) is 38.1 Å². The van der Waals surface area contributed by atoms with Gasteiger partial charge in [0.15, 0.2) is 0 Å². The van der Waals surface area contributed by atoms with Gasteiger partial charge in [0.05, 0.1) is 5.69 Å². The second kappa shape index (κ2) is 9.01. The number of rotatable bonds is 7. The molecule has 0 atom stereocenters. The van der Waals surface area contributed by atoms with E-state index in [0.29, 0.717) is 12.2 Å². The third kappa shape index (κ3) is 4.96. The summed E-state index contributed by atoms with van der Waals surface area (Å²) in [6.45, 7) is 1.42. The number of para-hydroxylation sites is 1. The van der Waals surface area contributed by atoms with Crippen LogP contribution in [0.25, 0.3) is 0 Å². The van der Waals surface area contributed by atoms with E-state index in [1.807, 2.05) is 99.0 Å². The summed E-state index contributed by atoms with van der Waals surface area (Å²) in [6, 6.07) is 26.6. The van der Waals surface area contributed by atoms with Crippen LogP contribution in [0, 0.1) is 0 Å². The van der Waals surface area contributed by atoms with Gasteiger partial charge in [0.25, 0.3) is 5.91 Å². The van der Waals surface area contributed by atoms with E-state index in [2.05, 4.69) is 4.90 Å². The molecule has 3 rings (SSSR count). The summed E-state index contributed by atoms with van der Waals surface area (Å²) in [5.41, 5.74) is 2.23. The smallest absolute Gasteiger partial charge is 0.262 e. The van der Waals surface area contributed by atoms with Crippen molar-refractivity contribution in [3.8, 4) is 5.75 Å². The summed E-state index contributed by atoms with van der Waals surface area (Å²) in [5.74, 6) is 0.670. The maximum Gasteiger partial charge on any atom is 0.262 e. The predicted octanol–water partition coefficient (Wildman–Crippen LogP) is 4.61. The van der Waals surface area contributed by atoms with Crippen LogP contribution in [0.1, 0.15) is 10.4 Å². The lowest BCUT2D eigenvalue weighted by Gasteiger charge is -2.24. The van der Waals surface area contributed by atoms with Gasteiger partial charge in [-0.1, -0.05) is 42.5 Å². The molecule has 3 aromatic carbocycles. The van der Waals surface area contributed by atoms with Crippen molar-refractivity contribution in [1.29, 1.82) is 0 Å². The molecule has 0 radical (unpaired) electrons. The highest BCUT2D eigenvalue weighted by Gasteiger charge is 2.20. The molecule has 1 amide bonds. The van der Waals surface area contributed by atoms with E-state index in [0.717, 1.165) is 23.7 Å². The quantitative estimate of drug-likeness (QED) is 0.617. The van der Waals surface area contributed by atoms with Gasteiger partial charge in [-0.25, -0.2) is 0 Å². The topological polar surface area (TPSA) is 32.8 Å². The molecule has 0 N–H and O–H groups in total. The van der Waals surface area contributed by atoms with E-state index < -0.39 is 0 Å². The number of hydrogen-bond donors (Lipinski definition) is 0. The van der Waals surface area contributed by atoms with Gasteiger partial charge < -0.3 is 9.64 Å². The van der Waals surface area contributed by atoms with Gasteiger partial charge in [-0.3, -0.25) is 9.69 Å². The van der Waals surface area contributed by atoms with Gasteiger partial charge in [0.2, 0.25) is 0 Å². The second-order valence-electron chi connectivity index (χ2n) is 6.49. The maximum absolute atomic E-state index is 13.2. The van der Waals surface area contributed by atoms with Gasteiger partial charge in [-0.2, -0.15) is 0 Å². The zero-order chi connectivity index (χ0) is 19.1. The molecule has 0 heterocycles. The molecule has 0 aromatic heterocycles. The van der Waals surface area contributed by atoms with Gasteiger partial charge in [0, 0.05) is 23.9 Å². The largest absolute Gasteiger partial charge is 0.492 e. The molecule has 0 bridgehead atoms. The Morgan fingerprint density at radius 1 is 0.815 bits per heavy atom. The first-order valence-electron chi connectivity index (χ1n) is 8.97. The van der Waals surface area contributed by atoms with E-state index in [4.69, 9.17) is 4.74 Å². The number of hydrogen-bond acceptors (Lipinski definition) is 3. The first-order chi connectivity index (χ1) is 13.1. The van der Waals surface area contributed by atoms with Crippen molar-refractivity contribution in [2.45, 2.75) is 0 Å². The van der Waals surface area contributed by atoms with Crippen LogP contribution in [0.4, 0.5) is 11.4 Å². The molecule has 0 aliphatic heterocycles. The van der Waals surface area contributed by atoms with Crippen LogP contribution in [0.3, 0.4) is 0 Å². The summed E-state index contributed by atoms with van der Waals surface area (Å²) < 4.78 is 5.85. The Kier molecular flexibility index (Phi) is 6.23. The van der Waals surface area contributed by atoms with Gasteiger partial charge >= 0.3 is 0 Å². The molecule has 0 unspecified atom stereocenters. The first-order valence-corrected chi connectivity index (χ1v) is 8.97. The van der Waals surface area contributed by atoms with Gasteiger partial charge in [-0.15, -0.1) is 0 Å². The van der Waals surface area contributed by atoms with Crippen molar-refractivity contribution in [1.82, 2.24) is 4.90 Å². The zero-order valence-corrected chi connectivity index (χ0v) is 15.7. The fraction of sp³-hybridized carbons (Fsp3) is 0.174. The number of amides is 1. The lowest BCUT2D eigenvalue weighted by atomic mass is 10.1. The number of likely N-dealkylation sites (N-methyl/N-ethyl adjacent to an activating group) is 1. The van der Waals surface area contributed by atoms with E-state index in [1.165, 1.54) is 0 Å². The number of ether oxygens (including phenoxy) is 1. The van der Waals surface area contributed by atoms with Crippen molar-refractivity contribution in [2.24, 2.45) is 0 Å². The Morgan fingerprint density at radius 2 is 1.44 bits per heavy atom. The Hall–Kier alpha value is -3.11.